The summed E-state index contributed by atoms with van der Waals surface area (Å²) in [6, 6.07) is 9.00. The Hall–Kier alpha value is -2.75. The smallest absolute Gasteiger partial charge is 0.134 e. The van der Waals surface area contributed by atoms with E-state index in [1.165, 1.54) is 0 Å². The lowest BCUT2D eigenvalue weighted by Crippen LogP contribution is -2.47. The number of ether oxygens (including phenoxy) is 5. The van der Waals surface area contributed by atoms with Gasteiger partial charge in [-0.3, -0.25) is 0 Å². The Morgan fingerprint density at radius 1 is 0.520 bits per heavy atom. The van der Waals surface area contributed by atoms with Crippen molar-refractivity contribution in [2.24, 2.45) is 0 Å². The molecule has 0 bridgehead atoms. The SMILES string of the molecule is N#CCOCC(OCC#N)C(OCC#N)C(COCC#N)OCC#N. The van der Waals surface area contributed by atoms with Crippen molar-refractivity contribution >= 4 is 0 Å². The van der Waals surface area contributed by atoms with Crippen molar-refractivity contribution in [2.45, 2.75) is 18.3 Å². The summed E-state index contributed by atoms with van der Waals surface area (Å²) >= 11 is 0. The first kappa shape index (κ1) is 22.2. The van der Waals surface area contributed by atoms with Crippen molar-refractivity contribution in [3.8, 4) is 30.3 Å². The van der Waals surface area contributed by atoms with Gasteiger partial charge in [0.1, 0.15) is 51.3 Å². The van der Waals surface area contributed by atoms with Gasteiger partial charge >= 0.3 is 0 Å². The number of hydrogen-bond donors (Lipinski definition) is 0. The van der Waals surface area contributed by atoms with Crippen LogP contribution in [0, 0.1) is 56.7 Å². The summed E-state index contributed by atoms with van der Waals surface area (Å²) in [5.74, 6) is 0. The first-order valence-corrected chi connectivity index (χ1v) is 7.10. The Morgan fingerprint density at radius 3 is 1.24 bits per heavy atom. The molecule has 0 aromatic carbocycles. The van der Waals surface area contributed by atoms with E-state index in [0.29, 0.717) is 0 Å². The molecule has 0 saturated heterocycles. The van der Waals surface area contributed by atoms with Crippen LogP contribution < -0.4 is 0 Å². The lowest BCUT2D eigenvalue weighted by Gasteiger charge is -2.31. The zero-order valence-corrected chi connectivity index (χ0v) is 13.5. The lowest BCUT2D eigenvalue weighted by atomic mass is 10.1. The van der Waals surface area contributed by atoms with E-state index in [0.717, 1.165) is 0 Å². The Balaban J connectivity index is 5.22. The number of nitrogens with zero attached hydrogens (tertiary/aromatic N) is 5. The predicted octanol–water partition coefficient (Wildman–Crippen LogP) is -0.207. The van der Waals surface area contributed by atoms with E-state index in [1.807, 2.05) is 0 Å². The van der Waals surface area contributed by atoms with Gasteiger partial charge in [-0.1, -0.05) is 0 Å². The topological polar surface area (TPSA) is 165 Å². The molecule has 0 aliphatic rings. The molecule has 0 heterocycles. The van der Waals surface area contributed by atoms with E-state index in [1.54, 1.807) is 30.3 Å². The van der Waals surface area contributed by atoms with Gasteiger partial charge in [0.25, 0.3) is 0 Å². The fourth-order valence-electron chi connectivity index (χ4n) is 1.79. The first-order valence-electron chi connectivity index (χ1n) is 7.10. The average Bonchev–Trinajstić information content (AvgIpc) is 2.63. The Morgan fingerprint density at radius 2 is 0.880 bits per heavy atom. The molecule has 0 fully saturated rings. The fourth-order valence-corrected chi connectivity index (χ4v) is 1.79. The van der Waals surface area contributed by atoms with Gasteiger partial charge < -0.3 is 23.7 Å². The quantitative estimate of drug-likeness (QED) is 0.384. The monoisotopic (exact) mass is 347 g/mol. The molecule has 10 heteroatoms. The van der Waals surface area contributed by atoms with Gasteiger partial charge in [-0.25, -0.2) is 0 Å². The van der Waals surface area contributed by atoms with E-state index < -0.39 is 18.3 Å². The van der Waals surface area contributed by atoms with Gasteiger partial charge in [-0.15, -0.1) is 0 Å². The summed E-state index contributed by atoms with van der Waals surface area (Å²) in [6.45, 7) is -1.47. The third kappa shape index (κ3) is 10.6. The van der Waals surface area contributed by atoms with Crippen LogP contribution >= 0.6 is 0 Å². The van der Waals surface area contributed by atoms with Crippen LogP contribution in [-0.4, -0.2) is 64.6 Å². The van der Waals surface area contributed by atoms with Crippen LogP contribution in [0.1, 0.15) is 0 Å². The van der Waals surface area contributed by atoms with Crippen LogP contribution in [0.4, 0.5) is 0 Å². The van der Waals surface area contributed by atoms with Crippen LogP contribution in [0.3, 0.4) is 0 Å². The van der Waals surface area contributed by atoms with Crippen molar-refractivity contribution in [3.63, 3.8) is 0 Å². The van der Waals surface area contributed by atoms with Crippen LogP contribution in [-0.2, 0) is 23.7 Å². The first-order chi connectivity index (χ1) is 12.2. The van der Waals surface area contributed by atoms with E-state index >= 15 is 0 Å². The highest BCUT2D eigenvalue weighted by atomic mass is 16.6. The Labute approximate surface area is 145 Å². The third-order valence-corrected chi connectivity index (χ3v) is 2.69. The standard InChI is InChI=1S/C15H17N5O5/c16-1-6-21-11-13(23-8-3-18)15(25-10-5-20)14(24-9-4-19)12-22-7-2-17/h13-15H,6-12H2. The zero-order chi connectivity index (χ0) is 18.8. The molecular weight excluding hydrogens is 330 g/mol. The fraction of sp³-hybridized carbons (Fsp3) is 0.667. The molecule has 0 radical (unpaired) electrons. The molecule has 2 atom stereocenters. The zero-order valence-electron chi connectivity index (χ0n) is 13.5. The van der Waals surface area contributed by atoms with Crippen LogP contribution in [0.25, 0.3) is 0 Å². The molecule has 0 aliphatic heterocycles. The van der Waals surface area contributed by atoms with Gasteiger partial charge in [-0.05, 0) is 0 Å². The summed E-state index contributed by atoms with van der Waals surface area (Å²) < 4.78 is 26.3. The molecule has 0 saturated carbocycles. The summed E-state index contributed by atoms with van der Waals surface area (Å²) in [5.41, 5.74) is 0. The Bertz CT molecular complexity index is 523. The lowest BCUT2D eigenvalue weighted by molar-refractivity contribution is -0.155. The second-order valence-corrected chi connectivity index (χ2v) is 4.30. The predicted molar refractivity (Wildman–Crippen MR) is 78.9 cm³/mol. The van der Waals surface area contributed by atoms with Crippen LogP contribution in [0.5, 0.6) is 0 Å². The van der Waals surface area contributed by atoms with Gasteiger partial charge in [-0.2, -0.15) is 26.3 Å². The van der Waals surface area contributed by atoms with Gasteiger partial charge in [0, 0.05) is 0 Å². The molecule has 0 spiro atoms. The third-order valence-electron chi connectivity index (χ3n) is 2.69. The second-order valence-electron chi connectivity index (χ2n) is 4.30. The molecule has 132 valence electrons. The molecule has 0 rings (SSSR count). The van der Waals surface area contributed by atoms with Crippen molar-refractivity contribution in [1.29, 1.82) is 26.3 Å². The van der Waals surface area contributed by atoms with E-state index in [4.69, 9.17) is 50.0 Å². The van der Waals surface area contributed by atoms with Crippen molar-refractivity contribution in [3.05, 3.63) is 0 Å². The van der Waals surface area contributed by atoms with Crippen molar-refractivity contribution < 1.29 is 23.7 Å². The minimum Gasteiger partial charge on any atom is -0.364 e. The maximum atomic E-state index is 8.75. The maximum Gasteiger partial charge on any atom is 0.134 e. The molecule has 0 amide bonds. The van der Waals surface area contributed by atoms with Gasteiger partial charge in [0.05, 0.1) is 43.6 Å². The Kier molecular flexibility index (Phi) is 14.3. The van der Waals surface area contributed by atoms with Crippen molar-refractivity contribution in [1.82, 2.24) is 0 Å². The van der Waals surface area contributed by atoms with E-state index in [-0.39, 0.29) is 46.2 Å². The number of hydrogen-bond acceptors (Lipinski definition) is 10. The molecule has 25 heavy (non-hydrogen) atoms. The normalized spacial score (nSPS) is 13.2. The summed E-state index contributed by atoms with van der Waals surface area (Å²) in [4.78, 5) is 0. The second kappa shape index (κ2) is 16.1. The summed E-state index contributed by atoms with van der Waals surface area (Å²) in [6.07, 6.45) is -2.62. The van der Waals surface area contributed by atoms with Crippen molar-refractivity contribution in [2.75, 3.05) is 46.2 Å². The van der Waals surface area contributed by atoms with E-state index in [2.05, 4.69) is 0 Å². The molecule has 0 aromatic rings. The molecular formula is C15H17N5O5. The molecule has 0 N–H and O–H groups in total. The molecule has 10 nitrogen and oxygen atoms in total. The number of rotatable bonds is 14. The maximum absolute atomic E-state index is 8.75. The minimum absolute atomic E-state index is 0.101. The van der Waals surface area contributed by atoms with Crippen LogP contribution in [0.15, 0.2) is 0 Å². The molecule has 0 aromatic heterocycles. The summed E-state index contributed by atoms with van der Waals surface area (Å²) in [5, 5.41) is 43.3. The summed E-state index contributed by atoms with van der Waals surface area (Å²) in [7, 11) is 0. The van der Waals surface area contributed by atoms with Gasteiger partial charge in [0.2, 0.25) is 0 Å². The number of nitriles is 5. The molecule has 2 unspecified atom stereocenters. The highest BCUT2D eigenvalue weighted by Crippen LogP contribution is 2.14. The van der Waals surface area contributed by atoms with Crippen LogP contribution in [0.2, 0.25) is 0 Å². The average molecular weight is 347 g/mol. The largest absolute Gasteiger partial charge is 0.364 e. The van der Waals surface area contributed by atoms with E-state index in [9.17, 15) is 0 Å². The van der Waals surface area contributed by atoms with Gasteiger partial charge in [0.15, 0.2) is 0 Å². The highest BCUT2D eigenvalue weighted by Gasteiger charge is 2.33. The molecule has 0 aliphatic carbocycles. The highest BCUT2D eigenvalue weighted by molar-refractivity contribution is 4.86. The minimum atomic E-state index is -0.918.